The Kier molecular flexibility index (Phi) is 7.74. The van der Waals surface area contributed by atoms with Gasteiger partial charge >= 0.3 is 0 Å². The van der Waals surface area contributed by atoms with Crippen molar-refractivity contribution in [2.45, 2.75) is 23.7 Å². The molecule has 5 aromatic rings. The number of hydrogen-bond acceptors (Lipinski definition) is 6. The molecule has 38 heavy (non-hydrogen) atoms. The molecule has 0 saturated carbocycles. The van der Waals surface area contributed by atoms with Gasteiger partial charge in [0, 0.05) is 16.8 Å². The Bertz CT molecular complexity index is 1700. The fourth-order valence-electron chi connectivity index (χ4n) is 4.06. The molecule has 9 heteroatoms. The third kappa shape index (κ3) is 6.22. The summed E-state index contributed by atoms with van der Waals surface area (Å²) in [5, 5.41) is 3.30. The third-order valence-electron chi connectivity index (χ3n) is 5.89. The van der Waals surface area contributed by atoms with Crippen LogP contribution in [0.5, 0.6) is 5.75 Å². The molecule has 0 fully saturated rings. The number of nitrogens with zero attached hydrogens (tertiary/aromatic N) is 1. The zero-order valence-corrected chi connectivity index (χ0v) is 22.5. The molecule has 0 aliphatic carbocycles. The van der Waals surface area contributed by atoms with E-state index in [4.69, 9.17) is 16.3 Å². The van der Waals surface area contributed by atoms with Crippen molar-refractivity contribution >= 4 is 49.8 Å². The molecule has 192 valence electrons. The number of rotatable bonds is 9. The van der Waals surface area contributed by atoms with Gasteiger partial charge in [-0.05, 0) is 64.9 Å². The van der Waals surface area contributed by atoms with E-state index in [0.29, 0.717) is 23.8 Å². The third-order valence-corrected chi connectivity index (χ3v) is 8.90. The molecule has 0 bridgehead atoms. The van der Waals surface area contributed by atoms with E-state index in [1.165, 1.54) is 6.07 Å². The summed E-state index contributed by atoms with van der Waals surface area (Å²) in [6.07, 6.45) is 0.423. The number of thiophene rings is 1. The monoisotopic (exact) mass is 562 g/mol. The van der Waals surface area contributed by atoms with E-state index in [1.807, 2.05) is 78.9 Å². The number of pyridine rings is 1. The Morgan fingerprint density at radius 1 is 0.947 bits per heavy atom. The molecule has 0 aliphatic heterocycles. The van der Waals surface area contributed by atoms with Crippen molar-refractivity contribution in [1.29, 1.82) is 0 Å². The molecule has 1 amide bonds. The van der Waals surface area contributed by atoms with Crippen LogP contribution in [0.4, 0.5) is 0 Å². The average Bonchev–Trinajstić information content (AvgIpc) is 3.47. The molecule has 3 aromatic carbocycles. The van der Waals surface area contributed by atoms with E-state index in [-0.39, 0.29) is 10.6 Å². The van der Waals surface area contributed by atoms with E-state index in [1.54, 1.807) is 11.4 Å². The zero-order chi connectivity index (χ0) is 26.5. The topological polar surface area (TPSA) is 85.4 Å². The van der Waals surface area contributed by atoms with Crippen LogP contribution in [0.15, 0.2) is 101 Å². The number of halogens is 1. The normalized spacial score (nSPS) is 11.4. The summed E-state index contributed by atoms with van der Waals surface area (Å²) in [6, 6.07) is 28.1. The maximum absolute atomic E-state index is 12.4. The van der Waals surface area contributed by atoms with Gasteiger partial charge in [-0.2, -0.15) is 0 Å². The lowest BCUT2D eigenvalue weighted by molar-refractivity contribution is -0.119. The number of sulfonamides is 1. The summed E-state index contributed by atoms with van der Waals surface area (Å²) in [6.45, 7) is 0.298. The molecule has 0 atom stereocenters. The fraction of sp³-hybridized carbons (Fsp3) is 0.103. The second-order valence-electron chi connectivity index (χ2n) is 8.57. The highest BCUT2D eigenvalue weighted by molar-refractivity contribution is 7.92. The lowest BCUT2D eigenvalue weighted by atomic mass is 9.96. The van der Waals surface area contributed by atoms with Crippen molar-refractivity contribution in [2.75, 3.05) is 0 Å². The molecule has 0 radical (unpaired) electrons. The number of nitrogens with one attached hydrogen (secondary N) is 1. The molecule has 2 heterocycles. The minimum atomic E-state index is -3.84. The van der Waals surface area contributed by atoms with Crippen molar-refractivity contribution in [1.82, 2.24) is 9.71 Å². The van der Waals surface area contributed by atoms with Gasteiger partial charge in [-0.15, -0.1) is 11.3 Å². The Hall–Kier alpha value is -3.72. The Labute approximate surface area is 229 Å². The number of fused-ring (bicyclic) bond motifs is 1. The lowest BCUT2D eigenvalue weighted by Gasteiger charge is -2.12. The predicted octanol–water partition coefficient (Wildman–Crippen LogP) is 6.63. The van der Waals surface area contributed by atoms with Gasteiger partial charge in [0.15, 0.2) is 0 Å². The van der Waals surface area contributed by atoms with E-state index in [2.05, 4.69) is 9.71 Å². The number of amides is 1. The molecule has 2 aromatic heterocycles. The molecule has 0 aliphatic rings. The lowest BCUT2D eigenvalue weighted by Crippen LogP contribution is -2.30. The molecule has 6 nitrogen and oxygen atoms in total. The number of aromatic nitrogens is 1. The first-order valence-corrected chi connectivity index (χ1v) is 14.6. The second kappa shape index (κ2) is 11.3. The highest BCUT2D eigenvalue weighted by Gasteiger charge is 2.18. The summed E-state index contributed by atoms with van der Waals surface area (Å²) in [5.41, 5.74) is 4.41. The predicted molar refractivity (Wildman–Crippen MR) is 151 cm³/mol. The Morgan fingerprint density at radius 2 is 1.79 bits per heavy atom. The van der Waals surface area contributed by atoms with Crippen molar-refractivity contribution < 1.29 is 17.9 Å². The molecular formula is C29H23ClN2O4S2. The first kappa shape index (κ1) is 25.9. The first-order chi connectivity index (χ1) is 18.4. The number of carbonyl (C=O) groups excluding carboxylic acids is 1. The SMILES string of the molecule is O=C(CCc1ccccc1-c1cccc(OCc2ccc3ccc(Cl)cc3n2)c1)NS(=O)(=O)c1cccs1. The second-order valence-corrected chi connectivity index (χ2v) is 11.9. The number of benzene rings is 3. The Morgan fingerprint density at radius 3 is 2.63 bits per heavy atom. The van der Waals surface area contributed by atoms with Gasteiger partial charge in [0.25, 0.3) is 10.0 Å². The number of carbonyl (C=O) groups is 1. The summed E-state index contributed by atoms with van der Waals surface area (Å²) < 4.78 is 33.0. The highest BCUT2D eigenvalue weighted by Crippen LogP contribution is 2.28. The molecule has 5 rings (SSSR count). The van der Waals surface area contributed by atoms with Gasteiger partial charge in [0.05, 0.1) is 11.2 Å². The first-order valence-electron chi connectivity index (χ1n) is 11.8. The quantitative estimate of drug-likeness (QED) is 0.218. The van der Waals surface area contributed by atoms with Crippen molar-refractivity contribution in [3.8, 4) is 16.9 Å². The maximum Gasteiger partial charge on any atom is 0.273 e. The molecule has 0 unspecified atom stereocenters. The molecule has 1 N–H and O–H groups in total. The standard InChI is InChI=1S/C29H23ClN2O4S2/c30-23-13-10-21-11-14-24(31-27(21)18-23)19-36-25-7-3-6-22(17-25)26-8-2-1-5-20(26)12-15-28(33)32-38(34,35)29-9-4-16-37-29/h1-11,13-14,16-18H,12,15,19H2,(H,32,33). The minimum Gasteiger partial charge on any atom is -0.487 e. The summed E-state index contributed by atoms with van der Waals surface area (Å²) in [5.74, 6) is 0.138. The smallest absolute Gasteiger partial charge is 0.273 e. The molecule has 0 saturated heterocycles. The highest BCUT2D eigenvalue weighted by atomic mass is 35.5. The Balaban J connectivity index is 1.26. The number of aryl methyl sites for hydroxylation is 1. The summed E-state index contributed by atoms with van der Waals surface area (Å²) in [4.78, 5) is 17.1. The van der Waals surface area contributed by atoms with Crippen LogP contribution in [0.2, 0.25) is 5.02 Å². The van der Waals surface area contributed by atoms with Crippen molar-refractivity contribution in [3.63, 3.8) is 0 Å². The van der Waals surface area contributed by atoms with Crippen LogP contribution in [0.25, 0.3) is 22.0 Å². The van der Waals surface area contributed by atoms with Gasteiger partial charge < -0.3 is 4.74 Å². The van der Waals surface area contributed by atoms with Gasteiger partial charge in [0.1, 0.15) is 16.6 Å². The van der Waals surface area contributed by atoms with Crippen LogP contribution in [-0.4, -0.2) is 19.3 Å². The fourth-order valence-corrected chi connectivity index (χ4v) is 6.23. The van der Waals surface area contributed by atoms with E-state index in [0.717, 1.165) is 44.6 Å². The zero-order valence-electron chi connectivity index (χ0n) is 20.1. The molecule has 0 spiro atoms. The minimum absolute atomic E-state index is 0.0372. The molecular weight excluding hydrogens is 540 g/mol. The maximum atomic E-state index is 12.4. The van der Waals surface area contributed by atoms with E-state index >= 15 is 0 Å². The van der Waals surface area contributed by atoms with E-state index in [9.17, 15) is 13.2 Å². The van der Waals surface area contributed by atoms with Crippen molar-refractivity contribution in [2.24, 2.45) is 0 Å². The van der Waals surface area contributed by atoms with Gasteiger partial charge in [-0.1, -0.05) is 66.2 Å². The van der Waals surface area contributed by atoms with Crippen LogP contribution in [0, 0.1) is 0 Å². The van der Waals surface area contributed by atoms with Crippen LogP contribution < -0.4 is 9.46 Å². The van der Waals surface area contributed by atoms with Crippen LogP contribution >= 0.6 is 22.9 Å². The summed E-state index contributed by atoms with van der Waals surface area (Å²) >= 11 is 7.17. The van der Waals surface area contributed by atoms with Gasteiger partial charge in [-0.25, -0.2) is 18.1 Å². The number of hydrogen-bond donors (Lipinski definition) is 1. The largest absolute Gasteiger partial charge is 0.487 e. The van der Waals surface area contributed by atoms with Gasteiger partial charge in [-0.3, -0.25) is 4.79 Å². The van der Waals surface area contributed by atoms with E-state index < -0.39 is 15.9 Å². The average molecular weight is 563 g/mol. The van der Waals surface area contributed by atoms with Crippen LogP contribution in [-0.2, 0) is 27.8 Å². The summed E-state index contributed by atoms with van der Waals surface area (Å²) in [7, 11) is -3.84. The number of ether oxygens (including phenoxy) is 1. The van der Waals surface area contributed by atoms with Crippen LogP contribution in [0.1, 0.15) is 17.7 Å². The van der Waals surface area contributed by atoms with Gasteiger partial charge in [0.2, 0.25) is 5.91 Å². The van der Waals surface area contributed by atoms with Crippen LogP contribution in [0.3, 0.4) is 0 Å². The van der Waals surface area contributed by atoms with Crippen molar-refractivity contribution in [3.05, 3.63) is 113 Å².